The first-order chi connectivity index (χ1) is 25.7. The zero-order valence-electron chi connectivity index (χ0n) is 32.2. The van der Waals surface area contributed by atoms with E-state index in [9.17, 15) is 0 Å². The molecule has 0 amide bonds. The lowest BCUT2D eigenvalue weighted by atomic mass is 9.82. The van der Waals surface area contributed by atoms with Crippen LogP contribution >= 0.6 is 23.5 Å². The maximum Gasteiger partial charge on any atom is 0.198 e. The van der Waals surface area contributed by atoms with E-state index < -0.39 is 0 Å². The van der Waals surface area contributed by atoms with E-state index in [1.165, 1.54) is 34.7 Å². The molecule has 0 saturated carbocycles. The third-order valence-corrected chi connectivity index (χ3v) is 12.1. The Morgan fingerprint density at radius 2 is 0.759 bits per heavy atom. The molecule has 1 aliphatic rings. The van der Waals surface area contributed by atoms with Gasteiger partial charge in [0.15, 0.2) is 11.6 Å². The number of nitrogens with one attached hydrogen (secondary N) is 2. The zero-order chi connectivity index (χ0) is 38.4. The number of carbonyl (C=O) groups is 2. The molecule has 0 spiro atoms. The number of rotatable bonds is 8. The van der Waals surface area contributed by atoms with Crippen LogP contribution in [0.3, 0.4) is 0 Å². The maximum absolute atomic E-state index is 15.4. The van der Waals surface area contributed by atoms with Crippen molar-refractivity contribution in [1.82, 2.24) is 0 Å². The molecule has 0 atom stereocenters. The van der Waals surface area contributed by atoms with Gasteiger partial charge in [-0.25, -0.2) is 0 Å². The highest BCUT2D eigenvalue weighted by Crippen LogP contribution is 2.47. The summed E-state index contributed by atoms with van der Waals surface area (Å²) in [5.41, 5.74) is 9.17. The van der Waals surface area contributed by atoms with Gasteiger partial charge in [-0.2, -0.15) is 0 Å². The number of hydrogen-bond acceptors (Lipinski definition) is 6. The Morgan fingerprint density at radius 3 is 1.11 bits per heavy atom. The van der Waals surface area contributed by atoms with Gasteiger partial charge < -0.3 is 10.6 Å². The normalized spacial score (nSPS) is 12.7. The van der Waals surface area contributed by atoms with Gasteiger partial charge in [-0.3, -0.25) is 9.59 Å². The summed E-state index contributed by atoms with van der Waals surface area (Å²) in [5, 5.41) is 7.08. The smallest absolute Gasteiger partial charge is 0.198 e. The number of ketones is 2. The second kappa shape index (κ2) is 14.7. The van der Waals surface area contributed by atoms with E-state index in [-0.39, 0.29) is 22.4 Å². The molecular formula is C48H46N2O2S2. The number of carbonyl (C=O) groups excluding carboxylic acids is 2. The minimum absolute atomic E-state index is 0.0164. The number of aryl methyl sites for hydroxylation is 2. The molecule has 54 heavy (non-hydrogen) atoms. The number of hydrogen-bond donors (Lipinski definition) is 2. The van der Waals surface area contributed by atoms with Crippen LogP contribution in [0.4, 0.5) is 22.7 Å². The monoisotopic (exact) mass is 746 g/mol. The summed E-state index contributed by atoms with van der Waals surface area (Å²) >= 11 is 3.04. The molecule has 6 aromatic rings. The molecule has 0 aliphatic heterocycles. The highest BCUT2D eigenvalue weighted by Gasteiger charge is 2.38. The second-order valence-corrected chi connectivity index (χ2v) is 18.2. The number of fused-ring (bicyclic) bond motifs is 2. The van der Waals surface area contributed by atoms with Crippen LogP contribution in [0.15, 0.2) is 141 Å². The van der Waals surface area contributed by atoms with E-state index in [2.05, 4.69) is 101 Å². The molecule has 272 valence electrons. The molecule has 0 radical (unpaired) electrons. The van der Waals surface area contributed by atoms with Crippen molar-refractivity contribution in [1.29, 1.82) is 0 Å². The Balaban J connectivity index is 1.41. The Labute approximate surface area is 328 Å². The van der Waals surface area contributed by atoms with Crippen LogP contribution in [0.25, 0.3) is 0 Å². The highest BCUT2D eigenvalue weighted by atomic mass is 32.2. The van der Waals surface area contributed by atoms with Gasteiger partial charge >= 0.3 is 0 Å². The molecular weight excluding hydrogens is 701 g/mol. The van der Waals surface area contributed by atoms with Gasteiger partial charge in [0.05, 0.1) is 22.5 Å². The predicted molar refractivity (Wildman–Crippen MR) is 227 cm³/mol. The molecule has 0 heterocycles. The first kappa shape index (κ1) is 37.3. The van der Waals surface area contributed by atoms with E-state index >= 15 is 9.59 Å². The van der Waals surface area contributed by atoms with Crippen molar-refractivity contribution < 1.29 is 9.59 Å². The molecule has 6 heteroatoms. The molecule has 0 saturated heterocycles. The van der Waals surface area contributed by atoms with E-state index in [0.29, 0.717) is 33.6 Å². The van der Waals surface area contributed by atoms with Crippen molar-refractivity contribution in [3.8, 4) is 0 Å². The second-order valence-electron chi connectivity index (χ2n) is 16.0. The van der Waals surface area contributed by atoms with Crippen molar-refractivity contribution in [3.05, 3.63) is 166 Å². The molecule has 0 aromatic heterocycles. The van der Waals surface area contributed by atoms with Gasteiger partial charge in [-0.15, -0.1) is 0 Å². The van der Waals surface area contributed by atoms with Gasteiger partial charge in [-0.05, 0) is 108 Å². The van der Waals surface area contributed by atoms with Gasteiger partial charge in [0, 0.05) is 42.1 Å². The fourth-order valence-corrected chi connectivity index (χ4v) is 8.65. The average Bonchev–Trinajstić information content (AvgIpc) is 3.13. The third-order valence-electron chi connectivity index (χ3n) is 9.97. The summed E-state index contributed by atoms with van der Waals surface area (Å²) < 4.78 is 0. The lowest BCUT2D eigenvalue weighted by Crippen LogP contribution is -2.25. The van der Waals surface area contributed by atoms with Crippen LogP contribution in [-0.4, -0.2) is 11.6 Å². The fraction of sp³-hybridized carbons (Fsp3) is 0.208. The van der Waals surface area contributed by atoms with Crippen molar-refractivity contribution in [3.63, 3.8) is 0 Å². The summed E-state index contributed by atoms with van der Waals surface area (Å²) in [6.45, 7) is 17.3. The molecule has 0 fully saturated rings. The first-order valence-corrected chi connectivity index (χ1v) is 20.0. The van der Waals surface area contributed by atoms with Crippen LogP contribution in [0.2, 0.25) is 0 Å². The van der Waals surface area contributed by atoms with E-state index in [1.54, 1.807) is 0 Å². The lowest BCUT2D eigenvalue weighted by Gasteiger charge is -2.27. The van der Waals surface area contributed by atoms with E-state index in [1.807, 2.05) is 86.6 Å². The topological polar surface area (TPSA) is 58.2 Å². The maximum atomic E-state index is 15.4. The Bertz CT molecular complexity index is 2230. The Morgan fingerprint density at radius 1 is 0.407 bits per heavy atom. The Hall–Kier alpha value is -5.04. The summed E-state index contributed by atoms with van der Waals surface area (Å²) in [4.78, 5) is 34.2. The lowest BCUT2D eigenvalue weighted by molar-refractivity contribution is 0.0976. The molecule has 6 aromatic carbocycles. The van der Waals surface area contributed by atoms with Gasteiger partial charge in [-0.1, -0.05) is 126 Å². The van der Waals surface area contributed by atoms with Gasteiger partial charge in [0.1, 0.15) is 0 Å². The molecule has 0 bridgehead atoms. The number of para-hydroxylation sites is 2. The third kappa shape index (κ3) is 7.51. The first-order valence-electron chi connectivity index (χ1n) is 18.3. The minimum Gasteiger partial charge on any atom is -0.355 e. The van der Waals surface area contributed by atoms with Crippen LogP contribution in [0.1, 0.15) is 95.6 Å². The Kier molecular flexibility index (Phi) is 10.1. The van der Waals surface area contributed by atoms with Gasteiger partial charge in [0.25, 0.3) is 0 Å². The number of benzene rings is 6. The van der Waals surface area contributed by atoms with Gasteiger partial charge in [0.2, 0.25) is 0 Å². The summed E-state index contributed by atoms with van der Waals surface area (Å²) in [6, 6.07) is 40.8. The number of anilines is 4. The molecule has 1 aliphatic carbocycles. The van der Waals surface area contributed by atoms with Crippen LogP contribution in [0.5, 0.6) is 0 Å². The molecule has 4 nitrogen and oxygen atoms in total. The van der Waals surface area contributed by atoms with Crippen molar-refractivity contribution in [2.45, 2.75) is 85.8 Å². The fourth-order valence-electron chi connectivity index (χ4n) is 6.73. The van der Waals surface area contributed by atoms with Crippen LogP contribution < -0.4 is 10.6 Å². The van der Waals surface area contributed by atoms with E-state index in [0.717, 1.165) is 42.1 Å². The SMILES string of the molecule is Cc1ccccc1Nc1ccc(Sc2ccc(C(C)(C)C)cc2)c2c1C(=O)c1c(Nc3ccccc3C)ccc(Sc3ccc(C(C)(C)C)cc3)c1C2=O. The zero-order valence-corrected chi connectivity index (χ0v) is 33.8. The van der Waals surface area contributed by atoms with Crippen LogP contribution in [0, 0.1) is 13.8 Å². The molecule has 0 unspecified atom stereocenters. The quantitative estimate of drug-likeness (QED) is 0.161. The van der Waals surface area contributed by atoms with Crippen molar-refractivity contribution >= 4 is 57.8 Å². The summed E-state index contributed by atoms with van der Waals surface area (Å²) in [5.74, 6) is -0.355. The summed E-state index contributed by atoms with van der Waals surface area (Å²) in [7, 11) is 0. The summed E-state index contributed by atoms with van der Waals surface area (Å²) in [6.07, 6.45) is 0. The van der Waals surface area contributed by atoms with Crippen molar-refractivity contribution in [2.24, 2.45) is 0 Å². The molecule has 2 N–H and O–H groups in total. The van der Waals surface area contributed by atoms with Crippen molar-refractivity contribution in [2.75, 3.05) is 10.6 Å². The largest absolute Gasteiger partial charge is 0.355 e. The highest BCUT2D eigenvalue weighted by molar-refractivity contribution is 7.99. The molecule has 7 rings (SSSR count). The van der Waals surface area contributed by atoms with Crippen LogP contribution in [-0.2, 0) is 10.8 Å². The van der Waals surface area contributed by atoms with E-state index in [4.69, 9.17) is 0 Å². The standard InChI is InChI=1S/C48H46N2O2S2/c1-29-13-9-11-15-35(29)49-37-25-27-39(53-33-21-17-31(18-22-33)47(3,4)5)43-41(37)45(51)42-38(50-36-16-12-10-14-30(36)2)26-28-40(44(42)46(43)52)54-34-23-19-32(20-24-34)48(6,7)8/h9-28,49-50H,1-8H3. The minimum atomic E-state index is -0.192. The predicted octanol–water partition coefficient (Wildman–Crippen LogP) is 13.5. The average molecular weight is 747 g/mol.